The highest BCUT2D eigenvalue weighted by Gasteiger charge is 1.85. The van der Waals surface area contributed by atoms with Gasteiger partial charge in [-0.3, -0.25) is 4.55 Å². The number of rotatable bonds is 1. The summed E-state index contributed by atoms with van der Waals surface area (Å²) in [5.74, 6) is -1.41. The largest absolute Gasteiger partial charge is 0.479 e. The van der Waals surface area contributed by atoms with Crippen molar-refractivity contribution >= 4 is 17.0 Å². The molecule has 0 aromatic carbocycles. The van der Waals surface area contributed by atoms with Crippen molar-refractivity contribution in [2.75, 3.05) is 6.67 Å². The Bertz CT molecular complexity index is 132. The number of carbonyl (C=O) groups is 1. The Kier molecular flexibility index (Phi) is 9.06. The zero-order valence-corrected chi connectivity index (χ0v) is 5.05. The minimum atomic E-state index is -3.12. The molecule has 0 aromatic rings. The molecule has 0 amide bonds. The third-order valence-electron chi connectivity index (χ3n) is 0.114. The van der Waals surface area contributed by atoms with E-state index in [1.54, 1.807) is 0 Å². The van der Waals surface area contributed by atoms with E-state index in [1.165, 1.54) is 0 Å². The van der Waals surface area contributed by atoms with Crippen LogP contribution >= 0.6 is 0 Å². The molecule has 56 valence electrons. The van der Waals surface area contributed by atoms with Gasteiger partial charge in [-0.25, -0.2) is 17.6 Å². The predicted molar refractivity (Wildman–Crippen MR) is 26.6 cm³/mol. The molecule has 0 atom stereocenters. The molecular weight excluding hydrogens is 155 g/mol. The van der Waals surface area contributed by atoms with Crippen LogP contribution in [-0.2, 0) is 15.8 Å². The summed E-state index contributed by atoms with van der Waals surface area (Å²) in [6.45, 7) is -1.28. The number of alkyl halides is 1. The van der Waals surface area contributed by atoms with Gasteiger partial charge in [0.15, 0.2) is 6.67 Å². The fourth-order valence-electron chi connectivity index (χ4n) is 0. The Labute approximate surface area is 51.9 Å². The van der Waals surface area contributed by atoms with Gasteiger partial charge in [0.25, 0.3) is 11.0 Å². The van der Waals surface area contributed by atoms with Gasteiger partial charge in [0.1, 0.15) is 0 Å². The molecule has 0 saturated heterocycles. The van der Waals surface area contributed by atoms with Gasteiger partial charge in [-0.2, -0.15) is 0 Å². The van der Waals surface area contributed by atoms with Gasteiger partial charge in [-0.1, -0.05) is 0 Å². The smallest absolute Gasteiger partial charge is 0.335 e. The van der Waals surface area contributed by atoms with Crippen LogP contribution in [0.4, 0.5) is 4.39 Å². The van der Waals surface area contributed by atoms with Crippen LogP contribution in [0.25, 0.3) is 0 Å². The molecule has 0 rings (SSSR count). The average Bonchev–Trinajstić information content (AvgIpc) is 1.65. The van der Waals surface area contributed by atoms with Crippen molar-refractivity contribution in [2.45, 2.75) is 0 Å². The maximum Gasteiger partial charge on any atom is 0.335 e. The molecule has 5 nitrogen and oxygen atoms in total. The first-order valence-corrected chi connectivity index (χ1v) is 2.74. The number of thiol groups is 1. The normalized spacial score (nSPS) is 7.89. The summed E-state index contributed by atoms with van der Waals surface area (Å²) < 4.78 is 34.7. The molecule has 0 aliphatic heterocycles. The van der Waals surface area contributed by atoms with Gasteiger partial charge in [-0.15, -0.1) is 0 Å². The van der Waals surface area contributed by atoms with Crippen LogP contribution in [0.2, 0.25) is 0 Å². The van der Waals surface area contributed by atoms with Gasteiger partial charge in [0.05, 0.1) is 0 Å². The molecule has 0 spiro atoms. The van der Waals surface area contributed by atoms with Gasteiger partial charge < -0.3 is 5.11 Å². The summed E-state index contributed by atoms with van der Waals surface area (Å²) >= 11 is 0. The highest BCUT2D eigenvalue weighted by Crippen LogP contribution is 1.60. The minimum Gasteiger partial charge on any atom is -0.479 e. The lowest BCUT2D eigenvalue weighted by Crippen LogP contribution is -1.93. The standard InChI is InChI=1S/C2H3FO2.H2O3S/c3-1-2(4)5;1-4(2)3/h1H2,(H,4,5);4H,(H,1,2,3). The van der Waals surface area contributed by atoms with Crippen molar-refractivity contribution in [2.24, 2.45) is 0 Å². The summed E-state index contributed by atoms with van der Waals surface area (Å²) in [7, 11) is -3.12. The highest BCUT2D eigenvalue weighted by atomic mass is 32.2. The van der Waals surface area contributed by atoms with Crippen LogP contribution in [0.15, 0.2) is 0 Å². The Morgan fingerprint density at radius 3 is 1.67 bits per heavy atom. The topological polar surface area (TPSA) is 91.7 Å². The van der Waals surface area contributed by atoms with E-state index in [1.807, 2.05) is 0 Å². The first-order chi connectivity index (χ1) is 4.00. The van der Waals surface area contributed by atoms with Crippen LogP contribution in [0, 0.1) is 0 Å². The lowest BCUT2D eigenvalue weighted by Gasteiger charge is -1.69. The monoisotopic (exact) mass is 160 g/mol. The van der Waals surface area contributed by atoms with Gasteiger partial charge in [-0.05, 0) is 0 Å². The summed E-state index contributed by atoms with van der Waals surface area (Å²) in [4.78, 5) is 8.99. The van der Waals surface area contributed by atoms with E-state index in [2.05, 4.69) is 0 Å². The van der Waals surface area contributed by atoms with Crippen molar-refractivity contribution in [3.05, 3.63) is 0 Å². The molecule has 0 unspecified atom stereocenters. The van der Waals surface area contributed by atoms with Crippen molar-refractivity contribution < 1.29 is 27.3 Å². The van der Waals surface area contributed by atoms with Crippen LogP contribution in [0.1, 0.15) is 0 Å². The Hall–Kier alpha value is -0.690. The Morgan fingerprint density at radius 2 is 1.67 bits per heavy atom. The van der Waals surface area contributed by atoms with E-state index in [0.29, 0.717) is 0 Å². The van der Waals surface area contributed by atoms with Crippen LogP contribution < -0.4 is 0 Å². The maximum absolute atomic E-state index is 10.5. The third kappa shape index (κ3) is 120. The lowest BCUT2D eigenvalue weighted by molar-refractivity contribution is -0.137. The molecule has 9 heavy (non-hydrogen) atoms. The van der Waals surface area contributed by atoms with E-state index in [0.717, 1.165) is 0 Å². The van der Waals surface area contributed by atoms with E-state index in [9.17, 15) is 4.39 Å². The summed E-state index contributed by atoms with van der Waals surface area (Å²) in [6.07, 6.45) is 0. The number of hydrogen-bond acceptors (Lipinski definition) is 3. The Morgan fingerprint density at radius 1 is 1.56 bits per heavy atom. The fraction of sp³-hybridized carbons (Fsp3) is 0.500. The number of halogens is 1. The number of aliphatic carboxylic acids is 1. The first-order valence-electron chi connectivity index (χ1n) is 1.61. The van der Waals surface area contributed by atoms with Gasteiger partial charge in [0.2, 0.25) is 0 Å². The van der Waals surface area contributed by atoms with Crippen molar-refractivity contribution in [1.29, 1.82) is 0 Å². The van der Waals surface area contributed by atoms with E-state index in [4.69, 9.17) is 22.9 Å². The van der Waals surface area contributed by atoms with Crippen molar-refractivity contribution in [1.82, 2.24) is 0 Å². The third-order valence-corrected chi connectivity index (χ3v) is 0.114. The Balaban J connectivity index is 0. The highest BCUT2D eigenvalue weighted by molar-refractivity contribution is 7.66. The lowest BCUT2D eigenvalue weighted by atomic mass is 10.8. The van der Waals surface area contributed by atoms with E-state index in [-0.39, 0.29) is 0 Å². The molecule has 2 N–H and O–H groups in total. The van der Waals surface area contributed by atoms with Crippen LogP contribution in [0.5, 0.6) is 0 Å². The number of carboxylic acid groups (broad SMARTS) is 1. The molecular formula is C2H5FO5S. The van der Waals surface area contributed by atoms with E-state index >= 15 is 0 Å². The molecule has 0 aliphatic carbocycles. The quantitative estimate of drug-likeness (QED) is 0.342. The van der Waals surface area contributed by atoms with E-state index < -0.39 is 23.6 Å². The minimum absolute atomic E-state index is 1.28. The molecule has 0 aliphatic rings. The molecule has 0 bridgehead atoms. The van der Waals surface area contributed by atoms with Crippen molar-refractivity contribution in [3.63, 3.8) is 0 Å². The molecule has 0 radical (unpaired) electrons. The maximum atomic E-state index is 10.5. The van der Waals surface area contributed by atoms with Gasteiger partial charge >= 0.3 is 5.97 Å². The fourth-order valence-corrected chi connectivity index (χ4v) is 0. The second-order valence-corrected chi connectivity index (χ2v) is 1.24. The van der Waals surface area contributed by atoms with Crippen LogP contribution in [0.3, 0.4) is 0 Å². The first kappa shape index (κ1) is 11.2. The molecule has 7 heteroatoms. The summed E-state index contributed by atoms with van der Waals surface area (Å²) in [5, 5.41) is 7.35. The molecule has 0 heterocycles. The van der Waals surface area contributed by atoms with Crippen molar-refractivity contribution in [3.8, 4) is 0 Å². The summed E-state index contributed by atoms with van der Waals surface area (Å²) in [6, 6.07) is 0. The van der Waals surface area contributed by atoms with Gasteiger partial charge in [0, 0.05) is 0 Å². The zero-order chi connectivity index (χ0) is 7.86. The molecule has 0 saturated carbocycles. The van der Waals surface area contributed by atoms with Crippen LogP contribution in [-0.4, -0.2) is 30.7 Å². The predicted octanol–water partition coefficient (Wildman–Crippen LogP) is -0.889. The SMILES string of the molecule is O=C(O)CF.O=[SH](=O)O. The number of carboxylic acids is 1. The second kappa shape index (κ2) is 7.31. The zero-order valence-electron chi connectivity index (χ0n) is 4.15. The molecule has 0 aromatic heterocycles. The number of hydrogen-bond donors (Lipinski definition) is 3. The summed E-state index contributed by atoms with van der Waals surface area (Å²) in [5.41, 5.74) is 0. The second-order valence-electron chi connectivity index (χ2n) is 0.765. The average molecular weight is 160 g/mol. The molecule has 0 fully saturated rings.